The van der Waals surface area contributed by atoms with Gasteiger partial charge in [0, 0.05) is 12.8 Å². The molecule has 6 heteroatoms. The van der Waals surface area contributed by atoms with Gasteiger partial charge in [-0.2, -0.15) is 0 Å². The summed E-state index contributed by atoms with van der Waals surface area (Å²) in [6.07, 6.45) is 103. The van der Waals surface area contributed by atoms with Crippen molar-refractivity contribution in [1.82, 2.24) is 5.32 Å². The zero-order chi connectivity index (χ0) is 64.2. The summed E-state index contributed by atoms with van der Waals surface area (Å²) in [4.78, 5) is 24.6. The molecule has 1 amide bonds. The third kappa shape index (κ3) is 75.0. The van der Waals surface area contributed by atoms with Crippen molar-refractivity contribution in [1.29, 1.82) is 0 Å². The summed E-state index contributed by atoms with van der Waals surface area (Å²) >= 11 is 0. The van der Waals surface area contributed by atoms with Crippen molar-refractivity contribution in [3.8, 4) is 0 Å². The summed E-state index contributed by atoms with van der Waals surface area (Å²) in [7, 11) is 0. The number of unbranched alkanes of at least 4 members (excludes halogenated alkanes) is 62. The first-order valence-electron chi connectivity index (χ1n) is 40.8. The number of carbonyl (C=O) groups excluding carboxylic acids is 2. The smallest absolute Gasteiger partial charge is 0.305 e. The van der Waals surface area contributed by atoms with Gasteiger partial charge in [0.05, 0.1) is 25.4 Å². The Kier molecular flexibility index (Phi) is 76.8. The predicted octanol–water partition coefficient (Wildman–Crippen LogP) is 27.0. The molecule has 526 valence electrons. The summed E-state index contributed by atoms with van der Waals surface area (Å²) in [6, 6.07) is -0.626. The van der Waals surface area contributed by atoms with Crippen LogP contribution in [0.1, 0.15) is 457 Å². The van der Waals surface area contributed by atoms with Crippen molar-refractivity contribution in [3.05, 3.63) is 36.5 Å². The third-order valence-electron chi connectivity index (χ3n) is 19.1. The van der Waals surface area contributed by atoms with Crippen LogP contribution in [0.25, 0.3) is 0 Å². The molecule has 0 rings (SSSR count). The Morgan fingerprint density at radius 3 is 0.798 bits per heavy atom. The Hall–Kier alpha value is -1.92. The summed E-state index contributed by atoms with van der Waals surface area (Å²) in [5.74, 6) is -0.0453. The van der Waals surface area contributed by atoms with Crippen molar-refractivity contribution >= 4 is 11.9 Å². The maximum Gasteiger partial charge on any atom is 0.305 e. The molecule has 0 aromatic heterocycles. The number of hydrogen-bond donors (Lipinski definition) is 3. The number of aliphatic hydroxyl groups is 2. The summed E-state index contributed by atoms with van der Waals surface area (Å²) in [5.41, 5.74) is 0. The standard InChI is InChI=1S/C83H159NO5/c1-3-5-7-9-11-13-15-17-19-21-41-44-47-51-55-59-63-67-71-75-81(86)80(79-85)84-82(87)76-72-68-64-60-56-52-48-45-42-39-37-35-33-31-29-27-25-23-22-24-26-28-30-32-34-36-38-40-43-46-50-54-58-62-66-70-74-78-89-83(88)77-73-69-65-61-57-53-49-20-18-16-14-12-10-8-6-4-2/h20,22,24,49,71,75,80-81,85-86H,3-19,21,23,25-48,50-70,72-74,76-79H2,1-2H3,(H,84,87)/b24-22-,49-20-,75-71+. The van der Waals surface area contributed by atoms with Crippen LogP contribution >= 0.6 is 0 Å². The van der Waals surface area contributed by atoms with Gasteiger partial charge in [0.15, 0.2) is 0 Å². The van der Waals surface area contributed by atoms with E-state index >= 15 is 0 Å². The van der Waals surface area contributed by atoms with Crippen LogP contribution in [-0.2, 0) is 14.3 Å². The first kappa shape index (κ1) is 87.1. The Morgan fingerprint density at radius 1 is 0.303 bits per heavy atom. The quantitative estimate of drug-likeness (QED) is 0.0320. The fourth-order valence-corrected chi connectivity index (χ4v) is 12.9. The van der Waals surface area contributed by atoms with E-state index < -0.39 is 12.1 Å². The SMILES string of the molecule is CCCCCCCCC/C=C\CCCCCCCC(=O)OCCCCCCCCCCCCCCCCCC/C=C\CCCCCCCCCCCCCCCCCCCC(=O)NC(CO)C(O)/C=C/CCCCCCCCCCCCCCCCCCC. The highest BCUT2D eigenvalue weighted by molar-refractivity contribution is 5.76. The second kappa shape index (κ2) is 78.5. The van der Waals surface area contributed by atoms with E-state index in [1.54, 1.807) is 6.08 Å². The lowest BCUT2D eigenvalue weighted by Gasteiger charge is -2.20. The molecule has 0 spiro atoms. The average Bonchev–Trinajstić information content (AvgIpc) is 3.64. The van der Waals surface area contributed by atoms with Gasteiger partial charge in [-0.25, -0.2) is 0 Å². The van der Waals surface area contributed by atoms with Crippen LogP contribution < -0.4 is 5.32 Å². The van der Waals surface area contributed by atoms with E-state index in [0.717, 1.165) is 44.9 Å². The maximum atomic E-state index is 12.5. The maximum absolute atomic E-state index is 12.5. The van der Waals surface area contributed by atoms with E-state index in [2.05, 4.69) is 43.5 Å². The minimum Gasteiger partial charge on any atom is -0.466 e. The number of rotatable bonds is 77. The van der Waals surface area contributed by atoms with Crippen LogP contribution in [0.3, 0.4) is 0 Å². The molecule has 0 saturated heterocycles. The van der Waals surface area contributed by atoms with Crippen LogP contribution in [-0.4, -0.2) is 47.4 Å². The molecule has 0 aromatic rings. The van der Waals surface area contributed by atoms with E-state index in [1.807, 2.05) is 6.08 Å². The normalized spacial score (nSPS) is 12.6. The van der Waals surface area contributed by atoms with Crippen LogP contribution in [0.5, 0.6) is 0 Å². The topological polar surface area (TPSA) is 95.9 Å². The molecule has 0 aromatic carbocycles. The Bertz CT molecular complexity index is 1440. The van der Waals surface area contributed by atoms with Gasteiger partial charge in [0.25, 0.3) is 0 Å². The Labute approximate surface area is 557 Å². The summed E-state index contributed by atoms with van der Waals surface area (Å²) < 4.78 is 5.50. The van der Waals surface area contributed by atoms with Gasteiger partial charge in [-0.15, -0.1) is 0 Å². The van der Waals surface area contributed by atoms with Gasteiger partial charge in [0.1, 0.15) is 0 Å². The number of nitrogens with one attached hydrogen (secondary N) is 1. The molecule has 89 heavy (non-hydrogen) atoms. The molecule has 0 fully saturated rings. The van der Waals surface area contributed by atoms with E-state index in [0.29, 0.717) is 19.4 Å². The number of amides is 1. The van der Waals surface area contributed by atoms with Gasteiger partial charge in [0.2, 0.25) is 5.91 Å². The molecular formula is C83H159NO5. The highest BCUT2D eigenvalue weighted by atomic mass is 16.5. The largest absolute Gasteiger partial charge is 0.466 e. The summed E-state index contributed by atoms with van der Waals surface area (Å²) in [5, 5.41) is 23.3. The lowest BCUT2D eigenvalue weighted by molar-refractivity contribution is -0.143. The molecule has 3 N–H and O–H groups in total. The Morgan fingerprint density at radius 2 is 0.528 bits per heavy atom. The van der Waals surface area contributed by atoms with E-state index in [4.69, 9.17) is 4.74 Å². The van der Waals surface area contributed by atoms with Crippen LogP contribution in [0.4, 0.5) is 0 Å². The fraction of sp³-hybridized carbons (Fsp3) is 0.904. The van der Waals surface area contributed by atoms with Crippen LogP contribution in [0.15, 0.2) is 36.5 Å². The Balaban J connectivity index is 3.35. The van der Waals surface area contributed by atoms with Crippen molar-refractivity contribution in [2.75, 3.05) is 13.2 Å². The van der Waals surface area contributed by atoms with Gasteiger partial charge in [-0.05, 0) is 83.5 Å². The minimum atomic E-state index is -0.843. The molecule has 2 unspecified atom stereocenters. The molecule has 0 aliphatic heterocycles. The third-order valence-corrected chi connectivity index (χ3v) is 19.1. The number of allylic oxidation sites excluding steroid dienone is 5. The molecule has 0 aliphatic carbocycles. The van der Waals surface area contributed by atoms with Crippen molar-refractivity contribution in [2.24, 2.45) is 0 Å². The van der Waals surface area contributed by atoms with Crippen LogP contribution in [0, 0.1) is 0 Å². The molecule has 0 radical (unpaired) electrons. The molecule has 6 nitrogen and oxygen atoms in total. The number of hydrogen-bond acceptors (Lipinski definition) is 5. The number of esters is 1. The average molecular weight is 1250 g/mol. The zero-order valence-electron chi connectivity index (χ0n) is 60.4. The van der Waals surface area contributed by atoms with Crippen molar-refractivity contribution in [3.63, 3.8) is 0 Å². The number of ether oxygens (including phenoxy) is 1. The molecule has 0 saturated carbocycles. The predicted molar refractivity (Wildman–Crippen MR) is 393 cm³/mol. The lowest BCUT2D eigenvalue weighted by atomic mass is 10.0. The molecule has 0 bridgehead atoms. The first-order valence-corrected chi connectivity index (χ1v) is 40.8. The fourth-order valence-electron chi connectivity index (χ4n) is 12.9. The second-order valence-corrected chi connectivity index (χ2v) is 28.1. The van der Waals surface area contributed by atoms with Gasteiger partial charge in [-0.1, -0.05) is 397 Å². The highest BCUT2D eigenvalue weighted by Crippen LogP contribution is 2.20. The monoisotopic (exact) mass is 1250 g/mol. The van der Waals surface area contributed by atoms with Crippen LogP contribution in [0.2, 0.25) is 0 Å². The number of carbonyl (C=O) groups is 2. The van der Waals surface area contributed by atoms with Crippen molar-refractivity contribution < 1.29 is 24.5 Å². The minimum absolute atomic E-state index is 0.0146. The lowest BCUT2D eigenvalue weighted by Crippen LogP contribution is -2.45. The first-order chi connectivity index (χ1) is 44.0. The number of aliphatic hydroxyl groups excluding tert-OH is 2. The van der Waals surface area contributed by atoms with Gasteiger partial charge in [-0.3, -0.25) is 9.59 Å². The van der Waals surface area contributed by atoms with Gasteiger partial charge >= 0.3 is 5.97 Å². The van der Waals surface area contributed by atoms with Gasteiger partial charge < -0.3 is 20.3 Å². The highest BCUT2D eigenvalue weighted by Gasteiger charge is 2.18. The second-order valence-electron chi connectivity index (χ2n) is 28.1. The van der Waals surface area contributed by atoms with E-state index in [9.17, 15) is 19.8 Å². The van der Waals surface area contributed by atoms with Crippen molar-refractivity contribution in [2.45, 2.75) is 469 Å². The summed E-state index contributed by atoms with van der Waals surface area (Å²) in [6.45, 7) is 4.95. The molecule has 2 atom stereocenters. The van der Waals surface area contributed by atoms with E-state index in [1.165, 1.54) is 385 Å². The molecular weight excluding hydrogens is 1090 g/mol. The molecule has 0 heterocycles. The zero-order valence-corrected chi connectivity index (χ0v) is 60.4. The van der Waals surface area contributed by atoms with E-state index in [-0.39, 0.29) is 18.5 Å². The molecule has 0 aliphatic rings.